The van der Waals surface area contributed by atoms with Gasteiger partial charge in [-0.1, -0.05) is 16.7 Å². The average Bonchev–Trinajstić information content (AvgIpc) is 3.48. The fourth-order valence-corrected chi connectivity index (χ4v) is 4.01. The number of azo groups is 2. The van der Waals surface area contributed by atoms with E-state index in [4.69, 9.17) is 16.6 Å². The number of aromatic nitrogens is 2. The highest BCUT2D eigenvalue weighted by Gasteiger charge is 2.33. The quantitative estimate of drug-likeness (QED) is 0.656. The highest BCUT2D eigenvalue weighted by Crippen LogP contribution is 2.25. The molecule has 1 fully saturated rings. The van der Waals surface area contributed by atoms with Crippen LogP contribution < -0.4 is 10.2 Å². The summed E-state index contributed by atoms with van der Waals surface area (Å²) in [6.07, 6.45) is 5.68. The number of hydrogen-bond donors (Lipinski definition) is 1. The molecule has 2 aliphatic heterocycles. The molecule has 4 heterocycles. The van der Waals surface area contributed by atoms with Gasteiger partial charge in [0.05, 0.1) is 11.2 Å². The van der Waals surface area contributed by atoms with Crippen molar-refractivity contribution in [3.8, 4) is 0 Å². The third-order valence-corrected chi connectivity index (χ3v) is 5.58. The summed E-state index contributed by atoms with van der Waals surface area (Å²) in [7, 11) is 0. The number of fused-ring (bicyclic) bond motifs is 1. The summed E-state index contributed by atoms with van der Waals surface area (Å²) in [4.78, 5) is 23.9. The fraction of sp³-hybridized carbons (Fsp3) is 0.286. The number of amides is 1. The van der Waals surface area contributed by atoms with Crippen LogP contribution in [0.25, 0.3) is 5.52 Å². The van der Waals surface area contributed by atoms with E-state index in [9.17, 15) is 4.79 Å². The first kappa shape index (κ1) is 18.7. The van der Waals surface area contributed by atoms with Crippen molar-refractivity contribution >= 4 is 40.9 Å². The Labute approximate surface area is 178 Å². The molecule has 30 heavy (non-hydrogen) atoms. The van der Waals surface area contributed by atoms with E-state index in [0.29, 0.717) is 11.6 Å². The number of aliphatic imine (C=N–C) groups is 1. The second-order valence-electron chi connectivity index (χ2n) is 7.52. The average molecular weight is 423 g/mol. The molecule has 0 bridgehead atoms. The highest BCUT2D eigenvalue weighted by molar-refractivity contribution is 6.30. The zero-order valence-electron chi connectivity index (χ0n) is 16.4. The van der Waals surface area contributed by atoms with Gasteiger partial charge in [-0.2, -0.15) is 0 Å². The van der Waals surface area contributed by atoms with Gasteiger partial charge in [0.15, 0.2) is 11.5 Å². The van der Waals surface area contributed by atoms with Crippen molar-refractivity contribution in [2.75, 3.05) is 18.0 Å². The number of carbonyl (C=O) groups excluding carboxylic acids is 1. The molecule has 0 radical (unpaired) electrons. The Morgan fingerprint density at radius 1 is 1.27 bits per heavy atom. The number of hydrogen-bond acceptors (Lipinski definition) is 5. The summed E-state index contributed by atoms with van der Waals surface area (Å²) in [5, 5.41) is 8.12. The molecule has 2 aromatic heterocycles. The number of benzene rings is 1. The Bertz CT molecular complexity index is 1170. The topological polar surface area (TPSA) is 77.4 Å². The highest BCUT2D eigenvalue weighted by atomic mass is 35.5. The molecule has 1 unspecified atom stereocenters. The van der Waals surface area contributed by atoms with Gasteiger partial charge in [0.25, 0.3) is 5.91 Å². The SMILES string of the molecule is Cc1cn2cccc2c(N2CC[C@H](NC(=O)C3N=C[N+](c4ccc(Cl)cc4)=N3)C2)n1. The van der Waals surface area contributed by atoms with Crippen LogP contribution in [-0.4, -0.2) is 51.6 Å². The molecular formula is C21H21ClN7O+. The van der Waals surface area contributed by atoms with Crippen molar-refractivity contribution in [2.24, 2.45) is 10.1 Å². The zero-order chi connectivity index (χ0) is 20.7. The van der Waals surface area contributed by atoms with Gasteiger partial charge in [-0.05, 0) is 54.7 Å². The first-order valence-electron chi connectivity index (χ1n) is 9.85. The Hall–Kier alpha value is -3.26. The molecule has 0 saturated carbocycles. The Balaban J connectivity index is 1.25. The summed E-state index contributed by atoms with van der Waals surface area (Å²) in [6.45, 7) is 3.54. The molecule has 1 saturated heterocycles. The lowest BCUT2D eigenvalue weighted by molar-refractivity contribution is -0.375. The molecule has 1 N–H and O–H groups in total. The van der Waals surface area contributed by atoms with Crippen LogP contribution in [0.2, 0.25) is 5.02 Å². The predicted octanol–water partition coefficient (Wildman–Crippen LogP) is 3.16. The summed E-state index contributed by atoms with van der Waals surface area (Å²) in [5.41, 5.74) is 2.84. The standard InChI is InChI=1S/C21H20ClN7O/c1-14-11-27-9-2-3-18(27)20(24-14)28-10-8-16(12-28)25-21(30)19-23-13-29(26-19)17-6-4-15(22)5-7-17/h2-7,9,11,13,16,19H,8,10,12H2,1H3/p+1/t16-,19?/m0/s1. The van der Waals surface area contributed by atoms with Crippen LogP contribution in [0.4, 0.5) is 11.5 Å². The number of carbonyl (C=O) groups is 1. The van der Waals surface area contributed by atoms with Gasteiger partial charge in [-0.3, -0.25) is 4.79 Å². The number of anilines is 1. The number of nitrogens with one attached hydrogen (secondary N) is 1. The summed E-state index contributed by atoms with van der Waals surface area (Å²) < 4.78 is 3.68. The van der Waals surface area contributed by atoms with E-state index in [1.807, 2.05) is 37.5 Å². The first-order valence-corrected chi connectivity index (χ1v) is 10.2. The van der Waals surface area contributed by atoms with Gasteiger partial charge in [0, 0.05) is 36.5 Å². The smallest absolute Gasteiger partial charge is 0.343 e. The summed E-state index contributed by atoms with van der Waals surface area (Å²) in [6, 6.07) is 11.3. The lowest BCUT2D eigenvalue weighted by Crippen LogP contribution is -2.41. The van der Waals surface area contributed by atoms with E-state index in [2.05, 4.69) is 30.8 Å². The molecule has 1 aromatic carbocycles. The van der Waals surface area contributed by atoms with Crippen molar-refractivity contribution in [3.05, 3.63) is 59.5 Å². The Morgan fingerprint density at radius 3 is 2.93 bits per heavy atom. The van der Waals surface area contributed by atoms with Gasteiger partial charge in [-0.15, -0.1) is 4.70 Å². The van der Waals surface area contributed by atoms with E-state index in [1.165, 1.54) is 0 Å². The Kier molecular flexibility index (Phi) is 4.71. The maximum atomic E-state index is 12.7. The van der Waals surface area contributed by atoms with Gasteiger partial charge < -0.3 is 14.6 Å². The minimum atomic E-state index is -0.774. The van der Waals surface area contributed by atoms with Crippen molar-refractivity contribution in [3.63, 3.8) is 0 Å². The van der Waals surface area contributed by atoms with Crippen molar-refractivity contribution in [2.45, 2.75) is 25.6 Å². The number of rotatable bonds is 4. The molecule has 2 aliphatic rings. The lowest BCUT2D eigenvalue weighted by Gasteiger charge is -2.19. The minimum absolute atomic E-state index is 0.0322. The number of nitrogens with zero attached hydrogens (tertiary/aromatic N) is 6. The van der Waals surface area contributed by atoms with Crippen LogP contribution in [-0.2, 0) is 4.79 Å². The molecule has 3 aromatic rings. The second kappa shape index (κ2) is 7.53. The molecule has 1 amide bonds. The second-order valence-corrected chi connectivity index (χ2v) is 7.96. The van der Waals surface area contributed by atoms with E-state index < -0.39 is 6.17 Å². The predicted molar refractivity (Wildman–Crippen MR) is 115 cm³/mol. The fourth-order valence-electron chi connectivity index (χ4n) is 3.88. The molecule has 2 atom stereocenters. The first-order chi connectivity index (χ1) is 14.6. The minimum Gasteiger partial charge on any atom is -0.353 e. The number of halogens is 1. The molecule has 0 spiro atoms. The van der Waals surface area contributed by atoms with E-state index in [0.717, 1.165) is 35.7 Å². The van der Waals surface area contributed by atoms with Crippen molar-refractivity contribution < 1.29 is 9.49 Å². The Morgan fingerprint density at radius 2 is 2.10 bits per heavy atom. The van der Waals surface area contributed by atoms with Crippen LogP contribution in [0.1, 0.15) is 12.1 Å². The number of aryl methyl sites for hydroxylation is 1. The van der Waals surface area contributed by atoms with Crippen LogP contribution in [0.3, 0.4) is 0 Å². The van der Waals surface area contributed by atoms with E-state index in [1.54, 1.807) is 23.2 Å². The molecule has 152 valence electrons. The monoisotopic (exact) mass is 422 g/mol. The molecule has 0 aliphatic carbocycles. The molecule has 9 heteroatoms. The van der Waals surface area contributed by atoms with E-state index >= 15 is 0 Å². The van der Waals surface area contributed by atoms with Crippen molar-refractivity contribution in [1.29, 1.82) is 0 Å². The van der Waals surface area contributed by atoms with Gasteiger partial charge in [-0.25, -0.2) is 4.98 Å². The maximum Gasteiger partial charge on any atom is 0.343 e. The maximum absolute atomic E-state index is 12.7. The summed E-state index contributed by atoms with van der Waals surface area (Å²) >= 11 is 5.93. The van der Waals surface area contributed by atoms with Crippen LogP contribution in [0.5, 0.6) is 0 Å². The van der Waals surface area contributed by atoms with Crippen LogP contribution in [0.15, 0.2) is 58.9 Å². The molecule has 5 rings (SSSR count). The van der Waals surface area contributed by atoms with E-state index in [-0.39, 0.29) is 11.9 Å². The molecular weight excluding hydrogens is 402 g/mol. The van der Waals surface area contributed by atoms with Crippen LogP contribution >= 0.6 is 11.6 Å². The van der Waals surface area contributed by atoms with Gasteiger partial charge in [0.1, 0.15) is 0 Å². The molecule has 8 nitrogen and oxygen atoms in total. The third kappa shape index (κ3) is 3.54. The third-order valence-electron chi connectivity index (χ3n) is 5.33. The zero-order valence-corrected chi connectivity index (χ0v) is 17.2. The largest absolute Gasteiger partial charge is 0.353 e. The van der Waals surface area contributed by atoms with Gasteiger partial charge in [0.2, 0.25) is 0 Å². The van der Waals surface area contributed by atoms with Gasteiger partial charge >= 0.3 is 12.5 Å². The lowest BCUT2D eigenvalue weighted by atomic mass is 10.2. The van der Waals surface area contributed by atoms with Crippen molar-refractivity contribution in [1.82, 2.24) is 14.7 Å². The normalized spacial score (nSPS) is 20.7. The van der Waals surface area contributed by atoms with Crippen LogP contribution in [0, 0.1) is 6.92 Å². The summed E-state index contributed by atoms with van der Waals surface area (Å²) in [5.74, 6) is 0.758.